The summed E-state index contributed by atoms with van der Waals surface area (Å²) in [7, 11) is 0. The van der Waals surface area contributed by atoms with Gasteiger partial charge in [-0.05, 0) is 13.0 Å². The van der Waals surface area contributed by atoms with Gasteiger partial charge in [0.25, 0.3) is 0 Å². The molecule has 0 aliphatic rings. The molecular formula is C15H12ClN5. The number of rotatable bonds is 3. The van der Waals surface area contributed by atoms with Crippen molar-refractivity contribution < 1.29 is 0 Å². The van der Waals surface area contributed by atoms with E-state index in [1.807, 2.05) is 43.3 Å². The molecular weight excluding hydrogens is 286 g/mol. The molecule has 0 saturated carbocycles. The molecule has 3 aromatic rings. The van der Waals surface area contributed by atoms with E-state index in [4.69, 9.17) is 11.6 Å². The van der Waals surface area contributed by atoms with Gasteiger partial charge in [0.2, 0.25) is 0 Å². The summed E-state index contributed by atoms with van der Waals surface area (Å²) in [5.74, 6) is 0.568. The van der Waals surface area contributed by atoms with E-state index in [2.05, 4.69) is 25.7 Å². The molecule has 0 radical (unpaired) electrons. The Morgan fingerprint density at radius 2 is 1.90 bits per heavy atom. The van der Waals surface area contributed by atoms with Crippen LogP contribution in [0.25, 0.3) is 10.8 Å². The number of nitrogens with zero attached hydrogens (tertiary/aromatic N) is 4. The Morgan fingerprint density at radius 3 is 2.67 bits per heavy atom. The Morgan fingerprint density at radius 1 is 1.10 bits per heavy atom. The second-order valence-corrected chi connectivity index (χ2v) is 4.79. The van der Waals surface area contributed by atoms with Crippen LogP contribution in [-0.2, 0) is 0 Å². The standard InChI is InChI=1S/C15H12ClN5/c1-10(11-5-4-8-17-9-11)18-20-15-13-7-3-2-6-12(13)14(16)19-21-15/h2-9H,1H3,(H,20,21)/b18-10-. The molecule has 21 heavy (non-hydrogen) atoms. The molecule has 2 aromatic heterocycles. The van der Waals surface area contributed by atoms with Gasteiger partial charge in [-0.25, -0.2) is 0 Å². The van der Waals surface area contributed by atoms with Crippen molar-refractivity contribution in [3.05, 3.63) is 59.5 Å². The number of halogens is 1. The second-order valence-electron chi connectivity index (χ2n) is 4.44. The largest absolute Gasteiger partial charge is 0.264 e. The zero-order chi connectivity index (χ0) is 14.7. The Bertz CT molecular complexity index is 802. The highest BCUT2D eigenvalue weighted by atomic mass is 35.5. The van der Waals surface area contributed by atoms with E-state index < -0.39 is 0 Å². The summed E-state index contributed by atoms with van der Waals surface area (Å²) >= 11 is 6.04. The average Bonchev–Trinajstić information content (AvgIpc) is 2.55. The molecule has 0 fully saturated rings. The van der Waals surface area contributed by atoms with Crippen LogP contribution >= 0.6 is 11.6 Å². The maximum absolute atomic E-state index is 6.04. The number of hydrogen-bond acceptors (Lipinski definition) is 5. The number of hydrogen-bond donors (Lipinski definition) is 1. The first kappa shape index (κ1) is 13.5. The molecule has 5 nitrogen and oxygen atoms in total. The van der Waals surface area contributed by atoms with E-state index >= 15 is 0 Å². The van der Waals surface area contributed by atoms with Crippen LogP contribution in [0, 0.1) is 0 Å². The van der Waals surface area contributed by atoms with Gasteiger partial charge in [-0.1, -0.05) is 41.9 Å². The molecule has 104 valence electrons. The average molecular weight is 298 g/mol. The van der Waals surface area contributed by atoms with Gasteiger partial charge < -0.3 is 0 Å². The lowest BCUT2D eigenvalue weighted by molar-refractivity contribution is 1.04. The highest BCUT2D eigenvalue weighted by Gasteiger charge is 2.06. The summed E-state index contributed by atoms with van der Waals surface area (Å²) in [6.45, 7) is 1.90. The minimum Gasteiger partial charge on any atom is -0.264 e. The lowest BCUT2D eigenvalue weighted by Crippen LogP contribution is -2.02. The summed E-state index contributed by atoms with van der Waals surface area (Å²) < 4.78 is 0. The van der Waals surface area contributed by atoms with Gasteiger partial charge in [-0.15, -0.1) is 10.2 Å². The molecule has 6 heteroatoms. The lowest BCUT2D eigenvalue weighted by atomic mass is 10.2. The van der Waals surface area contributed by atoms with Gasteiger partial charge in [0.05, 0.1) is 5.71 Å². The highest BCUT2D eigenvalue weighted by molar-refractivity contribution is 6.34. The minimum atomic E-state index is 0.379. The third-order valence-electron chi connectivity index (χ3n) is 3.05. The maximum Gasteiger partial charge on any atom is 0.176 e. The summed E-state index contributed by atoms with van der Waals surface area (Å²) in [6.07, 6.45) is 3.48. The Hall–Kier alpha value is -2.53. The number of pyridine rings is 1. The Labute approximate surface area is 126 Å². The van der Waals surface area contributed by atoms with Gasteiger partial charge in [0, 0.05) is 28.7 Å². The predicted octanol–water partition coefficient (Wildman–Crippen LogP) is 3.51. The third-order valence-corrected chi connectivity index (χ3v) is 3.33. The number of nitrogens with one attached hydrogen (secondary N) is 1. The van der Waals surface area contributed by atoms with Crippen LogP contribution in [0.3, 0.4) is 0 Å². The zero-order valence-electron chi connectivity index (χ0n) is 11.3. The molecule has 1 N–H and O–H groups in total. The first-order valence-electron chi connectivity index (χ1n) is 6.37. The normalized spacial score (nSPS) is 11.6. The summed E-state index contributed by atoms with van der Waals surface area (Å²) in [4.78, 5) is 4.07. The van der Waals surface area contributed by atoms with E-state index in [0.717, 1.165) is 22.0 Å². The number of hydrazone groups is 1. The van der Waals surface area contributed by atoms with E-state index in [1.54, 1.807) is 12.4 Å². The van der Waals surface area contributed by atoms with Gasteiger partial charge in [0.1, 0.15) is 0 Å². The molecule has 0 aliphatic heterocycles. The Kier molecular flexibility index (Phi) is 3.75. The fourth-order valence-corrected chi connectivity index (χ4v) is 2.13. The highest BCUT2D eigenvalue weighted by Crippen LogP contribution is 2.25. The number of anilines is 1. The zero-order valence-corrected chi connectivity index (χ0v) is 12.0. The SMILES string of the molecule is C/C(=N/Nc1nnc(Cl)c2ccccc12)c1cccnc1. The van der Waals surface area contributed by atoms with Gasteiger partial charge in [-0.2, -0.15) is 5.10 Å². The van der Waals surface area contributed by atoms with Crippen molar-refractivity contribution in [3.63, 3.8) is 0 Å². The summed E-state index contributed by atoms with van der Waals surface area (Å²) in [5.41, 5.74) is 4.69. The first-order chi connectivity index (χ1) is 10.3. The van der Waals surface area contributed by atoms with Crippen molar-refractivity contribution in [2.75, 3.05) is 5.43 Å². The van der Waals surface area contributed by atoms with Crippen LogP contribution in [0.5, 0.6) is 0 Å². The van der Waals surface area contributed by atoms with Gasteiger partial charge >= 0.3 is 0 Å². The van der Waals surface area contributed by atoms with E-state index in [9.17, 15) is 0 Å². The monoisotopic (exact) mass is 297 g/mol. The number of aromatic nitrogens is 3. The smallest absolute Gasteiger partial charge is 0.176 e. The van der Waals surface area contributed by atoms with Crippen LogP contribution in [0.2, 0.25) is 5.15 Å². The van der Waals surface area contributed by atoms with Crippen LogP contribution in [0.4, 0.5) is 5.82 Å². The van der Waals surface area contributed by atoms with Gasteiger partial charge in [-0.3, -0.25) is 10.4 Å². The van der Waals surface area contributed by atoms with Crippen molar-refractivity contribution in [2.24, 2.45) is 5.10 Å². The molecule has 0 aliphatic carbocycles. The van der Waals surface area contributed by atoms with Crippen molar-refractivity contribution in [2.45, 2.75) is 6.92 Å². The predicted molar refractivity (Wildman–Crippen MR) is 84.6 cm³/mol. The van der Waals surface area contributed by atoms with Crippen LogP contribution in [-0.4, -0.2) is 20.9 Å². The summed E-state index contributed by atoms with van der Waals surface area (Å²) in [6, 6.07) is 11.5. The number of benzene rings is 1. The maximum atomic E-state index is 6.04. The van der Waals surface area contributed by atoms with E-state index in [1.165, 1.54) is 0 Å². The fraction of sp³-hybridized carbons (Fsp3) is 0.0667. The molecule has 0 atom stereocenters. The first-order valence-corrected chi connectivity index (χ1v) is 6.75. The lowest BCUT2D eigenvalue weighted by Gasteiger charge is -2.06. The molecule has 3 rings (SSSR count). The van der Waals surface area contributed by atoms with Crippen molar-refractivity contribution in [3.8, 4) is 0 Å². The quantitative estimate of drug-likeness (QED) is 0.593. The summed E-state index contributed by atoms with van der Waals surface area (Å²) in [5, 5.41) is 14.4. The minimum absolute atomic E-state index is 0.379. The Balaban J connectivity index is 1.94. The van der Waals surface area contributed by atoms with E-state index in [0.29, 0.717) is 11.0 Å². The molecule has 0 amide bonds. The van der Waals surface area contributed by atoms with Crippen LogP contribution < -0.4 is 5.43 Å². The van der Waals surface area contributed by atoms with Crippen molar-refractivity contribution >= 4 is 33.9 Å². The third kappa shape index (κ3) is 2.83. The fourth-order valence-electron chi connectivity index (χ4n) is 1.93. The molecule has 0 saturated heterocycles. The topological polar surface area (TPSA) is 63.1 Å². The van der Waals surface area contributed by atoms with Crippen molar-refractivity contribution in [1.82, 2.24) is 15.2 Å². The molecule has 2 heterocycles. The molecule has 0 bridgehead atoms. The molecule has 1 aromatic carbocycles. The molecule has 0 spiro atoms. The van der Waals surface area contributed by atoms with Gasteiger partial charge in [0.15, 0.2) is 11.0 Å². The van der Waals surface area contributed by atoms with E-state index in [-0.39, 0.29) is 0 Å². The molecule has 0 unspecified atom stereocenters. The van der Waals surface area contributed by atoms with Crippen LogP contribution in [0.1, 0.15) is 12.5 Å². The number of fused-ring (bicyclic) bond motifs is 1. The van der Waals surface area contributed by atoms with Crippen LogP contribution in [0.15, 0.2) is 53.9 Å². The second kappa shape index (κ2) is 5.85. The van der Waals surface area contributed by atoms with Crippen molar-refractivity contribution in [1.29, 1.82) is 0 Å².